The first kappa shape index (κ1) is 18.2. The Morgan fingerprint density at radius 2 is 1.77 bits per heavy atom. The van der Waals surface area contributed by atoms with E-state index in [9.17, 15) is 4.79 Å². The summed E-state index contributed by atoms with van der Waals surface area (Å²) in [5.74, 6) is -0.128. The van der Waals surface area contributed by atoms with Crippen LogP contribution in [0.4, 0.5) is 17.1 Å². The van der Waals surface area contributed by atoms with Crippen LogP contribution in [0.5, 0.6) is 0 Å². The Hall–Kier alpha value is -2.56. The minimum absolute atomic E-state index is 0.128. The van der Waals surface area contributed by atoms with Gasteiger partial charge < -0.3 is 15.1 Å². The number of nitrogens with one attached hydrogen (secondary N) is 1. The van der Waals surface area contributed by atoms with Gasteiger partial charge >= 0.3 is 0 Å². The van der Waals surface area contributed by atoms with Gasteiger partial charge in [-0.3, -0.25) is 9.78 Å². The Balaban J connectivity index is 1.67. The second-order valence-electron chi connectivity index (χ2n) is 6.65. The van der Waals surface area contributed by atoms with Crippen LogP contribution in [0.1, 0.15) is 43.5 Å². The molecule has 1 N–H and O–H groups in total. The number of carbonyl (C=O) groups excluding carboxylic acids is 1. The van der Waals surface area contributed by atoms with Crippen molar-refractivity contribution in [1.29, 1.82) is 0 Å². The highest BCUT2D eigenvalue weighted by Crippen LogP contribution is 2.22. The number of anilines is 3. The van der Waals surface area contributed by atoms with Crippen LogP contribution in [0.3, 0.4) is 0 Å². The van der Waals surface area contributed by atoms with Crippen molar-refractivity contribution in [3.8, 4) is 0 Å². The third-order valence-electron chi connectivity index (χ3n) is 4.96. The molecule has 26 heavy (non-hydrogen) atoms. The molecule has 1 aliphatic heterocycles. The van der Waals surface area contributed by atoms with E-state index >= 15 is 0 Å². The molecule has 0 spiro atoms. The first-order valence-corrected chi connectivity index (χ1v) is 9.57. The largest absolute Gasteiger partial charge is 0.372 e. The first-order chi connectivity index (χ1) is 12.7. The van der Waals surface area contributed by atoms with Gasteiger partial charge in [-0.2, -0.15) is 0 Å². The van der Waals surface area contributed by atoms with E-state index in [1.165, 1.54) is 24.9 Å². The summed E-state index contributed by atoms with van der Waals surface area (Å²) >= 11 is 0. The molecule has 138 valence electrons. The topological polar surface area (TPSA) is 48.5 Å². The van der Waals surface area contributed by atoms with E-state index in [0.29, 0.717) is 5.56 Å². The van der Waals surface area contributed by atoms with Crippen molar-refractivity contribution in [2.24, 2.45) is 0 Å². The smallest absolute Gasteiger partial charge is 0.257 e. The maximum absolute atomic E-state index is 12.6. The van der Waals surface area contributed by atoms with Crippen LogP contribution in [0, 0.1) is 0 Å². The third kappa shape index (κ3) is 4.34. The average molecular weight is 352 g/mol. The van der Waals surface area contributed by atoms with E-state index in [4.69, 9.17) is 0 Å². The second kappa shape index (κ2) is 8.70. The summed E-state index contributed by atoms with van der Waals surface area (Å²) in [6.07, 6.45) is 7.26. The number of carbonyl (C=O) groups is 1. The van der Waals surface area contributed by atoms with Crippen molar-refractivity contribution >= 4 is 23.0 Å². The van der Waals surface area contributed by atoms with Crippen LogP contribution in [0.15, 0.2) is 42.7 Å². The van der Waals surface area contributed by atoms with Crippen LogP contribution in [0.25, 0.3) is 0 Å². The SMILES string of the molecule is CCN(CC)c1cncc(C(=O)Nc2ccc(N3CCCCC3)cc2)c1. The molecule has 0 radical (unpaired) electrons. The first-order valence-electron chi connectivity index (χ1n) is 9.57. The molecule has 0 aliphatic carbocycles. The Bertz CT molecular complexity index is 719. The lowest BCUT2D eigenvalue weighted by molar-refractivity contribution is 0.102. The van der Waals surface area contributed by atoms with Crippen molar-refractivity contribution in [2.45, 2.75) is 33.1 Å². The van der Waals surface area contributed by atoms with Gasteiger partial charge in [0.25, 0.3) is 5.91 Å². The van der Waals surface area contributed by atoms with Crippen molar-refractivity contribution in [3.05, 3.63) is 48.3 Å². The third-order valence-corrected chi connectivity index (χ3v) is 4.96. The van der Waals surface area contributed by atoms with E-state index in [1.54, 1.807) is 12.4 Å². The van der Waals surface area contributed by atoms with E-state index in [0.717, 1.165) is 37.6 Å². The molecule has 0 unspecified atom stereocenters. The number of pyridine rings is 1. The summed E-state index contributed by atoms with van der Waals surface area (Å²) in [7, 11) is 0. The fourth-order valence-corrected chi connectivity index (χ4v) is 3.42. The Labute approximate surface area is 156 Å². The van der Waals surface area contributed by atoms with Crippen molar-refractivity contribution < 1.29 is 4.79 Å². The van der Waals surface area contributed by atoms with E-state index in [-0.39, 0.29) is 5.91 Å². The van der Waals surface area contributed by atoms with E-state index < -0.39 is 0 Å². The fourth-order valence-electron chi connectivity index (χ4n) is 3.42. The normalized spacial score (nSPS) is 14.2. The standard InChI is InChI=1S/C21H28N4O/c1-3-24(4-2)20-14-17(15-22-16-20)21(26)23-18-8-10-19(11-9-18)25-12-6-5-7-13-25/h8-11,14-16H,3-7,12-13H2,1-2H3,(H,23,26). The molecule has 1 amide bonds. The number of aromatic nitrogens is 1. The molecule has 1 fully saturated rings. The molecule has 0 atom stereocenters. The number of hydrogen-bond donors (Lipinski definition) is 1. The van der Waals surface area contributed by atoms with Gasteiger partial charge in [-0.05, 0) is 63.4 Å². The van der Waals surface area contributed by atoms with Crippen LogP contribution in [-0.4, -0.2) is 37.1 Å². The number of rotatable bonds is 6. The number of benzene rings is 1. The van der Waals surface area contributed by atoms with Crippen LogP contribution in [-0.2, 0) is 0 Å². The summed E-state index contributed by atoms with van der Waals surface area (Å²) in [4.78, 5) is 21.4. The Morgan fingerprint density at radius 3 is 2.42 bits per heavy atom. The maximum Gasteiger partial charge on any atom is 0.257 e. The molecule has 1 saturated heterocycles. The monoisotopic (exact) mass is 352 g/mol. The quantitative estimate of drug-likeness (QED) is 0.848. The van der Waals surface area contributed by atoms with Crippen molar-refractivity contribution in [2.75, 3.05) is 41.3 Å². The van der Waals surface area contributed by atoms with Gasteiger partial charge in [0.1, 0.15) is 0 Å². The molecule has 0 bridgehead atoms. The molecule has 1 aromatic carbocycles. The zero-order valence-corrected chi connectivity index (χ0v) is 15.7. The summed E-state index contributed by atoms with van der Waals surface area (Å²) in [6, 6.07) is 10.0. The second-order valence-corrected chi connectivity index (χ2v) is 6.65. The maximum atomic E-state index is 12.6. The van der Waals surface area contributed by atoms with Crippen LogP contribution >= 0.6 is 0 Å². The Kier molecular flexibility index (Phi) is 6.10. The predicted octanol–water partition coefficient (Wildman–Crippen LogP) is 4.17. The summed E-state index contributed by atoms with van der Waals surface area (Å²) < 4.78 is 0. The lowest BCUT2D eigenvalue weighted by Gasteiger charge is -2.28. The molecule has 0 saturated carbocycles. The number of nitrogens with zero attached hydrogens (tertiary/aromatic N) is 3. The van der Waals surface area contributed by atoms with E-state index in [1.807, 2.05) is 18.2 Å². The molecular weight excluding hydrogens is 324 g/mol. The molecule has 5 nitrogen and oxygen atoms in total. The van der Waals surface area contributed by atoms with Crippen LogP contribution < -0.4 is 15.1 Å². The average Bonchev–Trinajstić information content (AvgIpc) is 2.70. The minimum Gasteiger partial charge on any atom is -0.372 e. The number of piperidine rings is 1. The van der Waals surface area contributed by atoms with Gasteiger partial charge in [0.05, 0.1) is 17.4 Å². The van der Waals surface area contributed by atoms with Gasteiger partial charge in [-0.15, -0.1) is 0 Å². The van der Waals surface area contributed by atoms with Crippen molar-refractivity contribution in [1.82, 2.24) is 4.98 Å². The van der Waals surface area contributed by atoms with Crippen LogP contribution in [0.2, 0.25) is 0 Å². The highest BCUT2D eigenvalue weighted by molar-refractivity contribution is 6.04. The zero-order chi connectivity index (χ0) is 18.4. The Morgan fingerprint density at radius 1 is 1.08 bits per heavy atom. The lowest BCUT2D eigenvalue weighted by Crippen LogP contribution is -2.29. The van der Waals surface area contributed by atoms with Gasteiger partial charge in [0.15, 0.2) is 0 Å². The summed E-state index contributed by atoms with van der Waals surface area (Å²) in [5, 5.41) is 2.97. The molecule has 1 aromatic heterocycles. The molecule has 3 rings (SSSR count). The predicted molar refractivity (Wildman–Crippen MR) is 108 cm³/mol. The fraction of sp³-hybridized carbons (Fsp3) is 0.429. The minimum atomic E-state index is -0.128. The molecular formula is C21H28N4O. The highest BCUT2D eigenvalue weighted by Gasteiger charge is 2.12. The van der Waals surface area contributed by atoms with Gasteiger partial charge in [0.2, 0.25) is 0 Å². The number of amides is 1. The van der Waals surface area contributed by atoms with Gasteiger partial charge in [-0.1, -0.05) is 0 Å². The highest BCUT2D eigenvalue weighted by atomic mass is 16.1. The van der Waals surface area contributed by atoms with Gasteiger partial charge in [0, 0.05) is 43.8 Å². The van der Waals surface area contributed by atoms with E-state index in [2.05, 4.69) is 46.1 Å². The number of hydrogen-bond acceptors (Lipinski definition) is 4. The van der Waals surface area contributed by atoms with Crippen molar-refractivity contribution in [3.63, 3.8) is 0 Å². The molecule has 5 heteroatoms. The lowest BCUT2D eigenvalue weighted by atomic mass is 10.1. The summed E-state index contributed by atoms with van der Waals surface area (Å²) in [5.41, 5.74) is 3.59. The molecule has 1 aliphatic rings. The summed E-state index contributed by atoms with van der Waals surface area (Å²) in [6.45, 7) is 8.22. The molecule has 2 heterocycles. The van der Waals surface area contributed by atoms with Gasteiger partial charge in [-0.25, -0.2) is 0 Å². The molecule has 2 aromatic rings. The zero-order valence-electron chi connectivity index (χ0n) is 15.7.